The van der Waals surface area contributed by atoms with Crippen molar-refractivity contribution in [3.8, 4) is 0 Å². The van der Waals surface area contributed by atoms with Gasteiger partial charge in [0.05, 0.1) is 0 Å². The van der Waals surface area contributed by atoms with Crippen LogP contribution in [0.15, 0.2) is 0 Å². The minimum absolute atomic E-state index is 0.389. The molecule has 0 aromatic rings. The highest BCUT2D eigenvalue weighted by molar-refractivity contribution is 6.35. The molecule has 0 aromatic heterocycles. The normalized spacial score (nSPS) is 9.20. The van der Waals surface area contributed by atoms with Crippen molar-refractivity contribution in [3.05, 3.63) is 0 Å². The zero-order valence-corrected chi connectivity index (χ0v) is 22.3. The van der Waals surface area contributed by atoms with Gasteiger partial charge in [-0.25, -0.2) is 0 Å². The molecule has 0 radical (unpaired) electrons. The third-order valence-electron chi connectivity index (χ3n) is 4.62. The van der Waals surface area contributed by atoms with Crippen LogP contribution in [-0.4, -0.2) is 40.7 Å². The fourth-order valence-electron chi connectivity index (χ4n) is 2.74. The molecule has 0 saturated carbocycles. The fraction of sp³-hybridized carbons (Fsp3) is 1.00. The largest absolute Gasteiger partial charge is 0.364 e. The van der Waals surface area contributed by atoms with Gasteiger partial charge >= 0.3 is 40.7 Å². The van der Waals surface area contributed by atoms with Gasteiger partial charge in [-0.3, -0.25) is 0 Å². The predicted molar refractivity (Wildman–Crippen MR) is 125 cm³/mol. The number of hydrogen-bond donors (Lipinski definition) is 0. The molecule has 0 spiro atoms. The van der Waals surface area contributed by atoms with E-state index in [0.717, 1.165) is 0 Å². The van der Waals surface area contributed by atoms with E-state index in [2.05, 4.69) is 41.5 Å². The molecule has 0 aliphatic carbocycles. The first-order valence-corrected chi connectivity index (χ1v) is 16.2. The predicted octanol–water partition coefficient (Wildman–Crippen LogP) is 9.23. The smallest absolute Gasteiger partial charge is 0.146 e. The van der Waals surface area contributed by atoms with Gasteiger partial charge in [0.25, 0.3) is 0 Å². The molecule has 0 amide bonds. The molecule has 0 rings (SSSR count). The van der Waals surface area contributed by atoms with E-state index in [9.17, 15) is 0 Å². The van der Waals surface area contributed by atoms with Crippen LogP contribution in [0, 0.1) is 0 Å². The molecule has 0 aliphatic rings. The lowest BCUT2D eigenvalue weighted by molar-refractivity contribution is 0.656. The van der Waals surface area contributed by atoms with Crippen LogP contribution in [0.5, 0.6) is 0 Å². The first-order valence-electron chi connectivity index (χ1n) is 12.2. The zero-order chi connectivity index (χ0) is 19.4. The van der Waals surface area contributed by atoms with Gasteiger partial charge in [-0.2, -0.15) is 0 Å². The van der Waals surface area contributed by atoms with Crippen molar-refractivity contribution in [1.82, 2.24) is 0 Å². The van der Waals surface area contributed by atoms with Gasteiger partial charge in [0.2, 0.25) is 0 Å². The Bertz CT molecular complexity index is 141. The maximum absolute atomic E-state index is 2.29. The second-order valence-electron chi connectivity index (χ2n) is 7.60. The van der Waals surface area contributed by atoms with Gasteiger partial charge in [-0.1, -0.05) is 125 Å². The Morgan fingerprint density at radius 1 is 0.320 bits per heavy atom. The van der Waals surface area contributed by atoms with Gasteiger partial charge in [0, 0.05) is 0 Å². The molecule has 0 bridgehead atoms. The third-order valence-corrected chi connectivity index (χ3v) is 8.62. The highest BCUT2D eigenvalue weighted by Crippen LogP contribution is 2.01. The molecular formula is C23H52Mg2. The van der Waals surface area contributed by atoms with E-state index < -0.39 is 0 Å². The zero-order valence-electron chi connectivity index (χ0n) is 19.4. The Hall–Kier alpha value is 1.53. The summed E-state index contributed by atoms with van der Waals surface area (Å²) in [7, 11) is 0. The van der Waals surface area contributed by atoms with Gasteiger partial charge < -0.3 is 0 Å². The van der Waals surface area contributed by atoms with Crippen LogP contribution in [0.3, 0.4) is 0 Å². The Labute approximate surface area is 182 Å². The van der Waals surface area contributed by atoms with E-state index in [4.69, 9.17) is 0 Å². The molecule has 0 fully saturated rings. The minimum atomic E-state index is 0.389. The second kappa shape index (κ2) is 36.4. The molecule has 148 valence electrons. The summed E-state index contributed by atoms with van der Waals surface area (Å²) < 4.78 is 6.38. The van der Waals surface area contributed by atoms with Crippen LogP contribution in [0.25, 0.3) is 0 Å². The van der Waals surface area contributed by atoms with Crippen LogP contribution in [0.4, 0.5) is 0 Å². The molecule has 0 heterocycles. The van der Waals surface area contributed by atoms with Crippen LogP contribution in [0.2, 0.25) is 18.2 Å². The number of rotatable bonds is 16. The average molecular weight is 377 g/mol. The van der Waals surface area contributed by atoms with Crippen molar-refractivity contribution in [2.75, 3.05) is 0 Å². The molecule has 0 N–H and O–H groups in total. The summed E-state index contributed by atoms with van der Waals surface area (Å²) in [6, 6.07) is 0. The van der Waals surface area contributed by atoms with Gasteiger partial charge in [-0.15, -0.1) is 18.2 Å². The summed E-state index contributed by atoms with van der Waals surface area (Å²) in [6.07, 6.45) is 18.6. The molecule has 25 heavy (non-hydrogen) atoms. The van der Waals surface area contributed by atoms with Crippen LogP contribution < -0.4 is 0 Å². The lowest BCUT2D eigenvalue weighted by atomic mass is 10.2. The fourth-order valence-corrected chi connectivity index (χ4v) is 6.86. The van der Waals surface area contributed by atoms with E-state index in [0.29, 0.717) is 40.7 Å². The molecule has 0 aliphatic heterocycles. The van der Waals surface area contributed by atoms with E-state index in [1.54, 1.807) is 18.2 Å². The summed E-state index contributed by atoms with van der Waals surface area (Å²) in [5.74, 6) is 0. The van der Waals surface area contributed by atoms with E-state index in [1.807, 2.05) is 0 Å². The Morgan fingerprint density at radius 3 is 0.760 bits per heavy atom. The van der Waals surface area contributed by atoms with Crippen molar-refractivity contribution in [1.29, 1.82) is 0 Å². The molecule has 2 heteroatoms. The summed E-state index contributed by atoms with van der Waals surface area (Å²) in [5, 5.41) is 0. The second-order valence-corrected chi connectivity index (χ2v) is 11.8. The maximum atomic E-state index is 2.29. The molecular weight excluding hydrogens is 325 g/mol. The Morgan fingerprint density at radius 2 is 0.560 bits per heavy atom. The van der Waals surface area contributed by atoms with Crippen LogP contribution in [0.1, 0.15) is 125 Å². The average Bonchev–Trinajstić information content (AvgIpc) is 2.63. The van der Waals surface area contributed by atoms with Crippen LogP contribution in [-0.2, 0) is 0 Å². The SMILES string of the molecule is CCCCCCC.CCC[CH2][Mg][CH2]CCC.CCC[CH2][Mg][CH2]CCC. The molecule has 0 aromatic carbocycles. The standard InChI is InChI=1S/C7H16.4C4H9.2Mg/c1-3-5-7-6-4-2;4*1-3-4-2;;/h3-7H2,1-2H3;4*1,3-4H2,2H3;;. The molecule has 0 atom stereocenters. The maximum Gasteiger partial charge on any atom is 0.364 e. The van der Waals surface area contributed by atoms with Crippen molar-refractivity contribution in [3.63, 3.8) is 0 Å². The van der Waals surface area contributed by atoms with Crippen LogP contribution >= 0.6 is 0 Å². The van der Waals surface area contributed by atoms with E-state index in [1.165, 1.54) is 83.5 Å². The van der Waals surface area contributed by atoms with Gasteiger partial charge in [-0.05, 0) is 0 Å². The van der Waals surface area contributed by atoms with Crippen molar-refractivity contribution < 1.29 is 0 Å². The first-order chi connectivity index (χ1) is 12.2. The highest BCUT2D eigenvalue weighted by atomic mass is 24.5. The first kappa shape index (κ1) is 31.2. The summed E-state index contributed by atoms with van der Waals surface area (Å²) in [6.45, 7) is 13.6. The number of unbranched alkanes of at least 4 members (excludes halogenated alkanes) is 8. The summed E-state index contributed by atoms with van der Waals surface area (Å²) in [4.78, 5) is 0. The molecule has 0 nitrogen and oxygen atoms in total. The highest BCUT2D eigenvalue weighted by Gasteiger charge is 1.92. The minimum Gasteiger partial charge on any atom is -0.146 e. The van der Waals surface area contributed by atoms with Crippen molar-refractivity contribution in [2.45, 2.75) is 143 Å². The lowest BCUT2D eigenvalue weighted by Gasteiger charge is -1.93. The Balaban J connectivity index is -0.000000293. The quantitative estimate of drug-likeness (QED) is 0.186. The third kappa shape index (κ3) is 46.0. The summed E-state index contributed by atoms with van der Waals surface area (Å²) in [5.41, 5.74) is 0. The molecule has 0 saturated heterocycles. The van der Waals surface area contributed by atoms with E-state index >= 15 is 0 Å². The Kier molecular flexibility index (Phi) is 45.5. The van der Waals surface area contributed by atoms with Crippen molar-refractivity contribution in [2.24, 2.45) is 0 Å². The van der Waals surface area contributed by atoms with Gasteiger partial charge in [0.1, 0.15) is 0 Å². The van der Waals surface area contributed by atoms with E-state index in [-0.39, 0.29) is 0 Å². The lowest BCUT2D eigenvalue weighted by Crippen LogP contribution is -1.87. The van der Waals surface area contributed by atoms with Crippen molar-refractivity contribution >= 4 is 40.7 Å². The topological polar surface area (TPSA) is 0 Å². The van der Waals surface area contributed by atoms with Gasteiger partial charge in [0.15, 0.2) is 0 Å². The monoisotopic (exact) mass is 376 g/mol. The number of hydrogen-bond acceptors (Lipinski definition) is 0. The molecule has 0 unspecified atom stereocenters. The summed E-state index contributed by atoms with van der Waals surface area (Å²) >= 11 is 0.779.